The molecule has 0 aromatic carbocycles. The van der Waals surface area contributed by atoms with Gasteiger partial charge in [0.25, 0.3) is 0 Å². The molecule has 0 spiro atoms. The van der Waals surface area contributed by atoms with Crippen molar-refractivity contribution < 1.29 is 4.74 Å². The fourth-order valence-corrected chi connectivity index (χ4v) is 2.92. The van der Waals surface area contributed by atoms with E-state index in [-0.39, 0.29) is 5.60 Å². The van der Waals surface area contributed by atoms with Crippen LogP contribution in [0.5, 0.6) is 0 Å². The van der Waals surface area contributed by atoms with Crippen LogP contribution in [0, 0.1) is 5.92 Å². The molecule has 1 N–H and O–H groups in total. The normalized spacial score (nSPS) is 17.4. The average Bonchev–Trinajstić information content (AvgIpc) is 2.38. The molecule has 0 aromatic rings. The first-order valence-corrected chi connectivity index (χ1v) is 9.03. The van der Waals surface area contributed by atoms with E-state index < -0.39 is 0 Å². The fourth-order valence-electron chi connectivity index (χ4n) is 2.92. The fraction of sp³-hybridized carbons (Fsp3) is 1.00. The van der Waals surface area contributed by atoms with Crippen LogP contribution in [0.1, 0.15) is 85.0 Å². The van der Waals surface area contributed by atoms with Crippen LogP contribution in [-0.4, -0.2) is 25.3 Å². The van der Waals surface area contributed by atoms with Gasteiger partial charge in [0.05, 0.1) is 5.60 Å². The molecule has 0 amide bonds. The lowest BCUT2D eigenvalue weighted by atomic mass is 9.77. The van der Waals surface area contributed by atoms with Crippen molar-refractivity contribution in [1.82, 2.24) is 5.32 Å². The molecule has 2 nitrogen and oxygen atoms in total. The number of nitrogens with one attached hydrogen (secondary N) is 1. The van der Waals surface area contributed by atoms with Crippen molar-refractivity contribution >= 4 is 0 Å². The summed E-state index contributed by atoms with van der Waals surface area (Å²) < 4.78 is 6.24. The highest BCUT2D eigenvalue weighted by Gasteiger charge is 2.37. The van der Waals surface area contributed by atoms with Gasteiger partial charge in [-0.2, -0.15) is 0 Å². The van der Waals surface area contributed by atoms with Crippen LogP contribution >= 0.6 is 0 Å². The van der Waals surface area contributed by atoms with Crippen molar-refractivity contribution in [2.75, 3.05) is 19.7 Å². The number of rotatable bonds is 13. The molecule has 1 rings (SSSR count). The summed E-state index contributed by atoms with van der Waals surface area (Å²) in [6.07, 6.45) is 13.3. The Morgan fingerprint density at radius 3 is 2.35 bits per heavy atom. The lowest BCUT2D eigenvalue weighted by molar-refractivity contribution is -0.105. The summed E-state index contributed by atoms with van der Waals surface area (Å²) >= 11 is 0. The van der Waals surface area contributed by atoms with Gasteiger partial charge in [-0.15, -0.1) is 0 Å². The highest BCUT2D eigenvalue weighted by molar-refractivity contribution is 4.90. The smallest absolute Gasteiger partial charge is 0.0694 e. The van der Waals surface area contributed by atoms with Gasteiger partial charge in [-0.3, -0.25) is 0 Å². The summed E-state index contributed by atoms with van der Waals surface area (Å²) in [7, 11) is 0. The lowest BCUT2D eigenvalue weighted by Crippen LogP contribution is -2.43. The molecule has 1 aliphatic carbocycles. The van der Waals surface area contributed by atoms with E-state index in [1.54, 1.807) is 0 Å². The van der Waals surface area contributed by atoms with E-state index in [0.717, 1.165) is 25.6 Å². The molecule has 0 aromatic heterocycles. The molecule has 0 unspecified atom stereocenters. The Labute approximate surface area is 127 Å². The minimum absolute atomic E-state index is 0.243. The van der Waals surface area contributed by atoms with Crippen LogP contribution in [0.4, 0.5) is 0 Å². The first-order valence-electron chi connectivity index (χ1n) is 9.03. The SMILES string of the molecule is CCCCCCCCOC1(CCNCC(C)C)CCC1. The zero-order chi connectivity index (χ0) is 14.7. The second-order valence-electron chi connectivity index (χ2n) is 7.00. The Balaban J connectivity index is 2.00. The third-order valence-electron chi connectivity index (χ3n) is 4.48. The second kappa shape index (κ2) is 10.6. The average molecular weight is 284 g/mol. The Bertz CT molecular complexity index is 223. The molecule has 1 saturated carbocycles. The van der Waals surface area contributed by atoms with E-state index in [4.69, 9.17) is 4.74 Å². The third kappa shape index (κ3) is 7.64. The highest BCUT2D eigenvalue weighted by atomic mass is 16.5. The molecule has 0 radical (unpaired) electrons. The summed E-state index contributed by atoms with van der Waals surface area (Å²) in [6, 6.07) is 0. The van der Waals surface area contributed by atoms with Gasteiger partial charge >= 0.3 is 0 Å². The lowest BCUT2D eigenvalue weighted by Gasteiger charge is -2.42. The highest BCUT2D eigenvalue weighted by Crippen LogP contribution is 2.38. The van der Waals surface area contributed by atoms with Gasteiger partial charge in [0.15, 0.2) is 0 Å². The van der Waals surface area contributed by atoms with E-state index in [1.807, 2.05) is 0 Å². The van der Waals surface area contributed by atoms with Crippen LogP contribution < -0.4 is 5.32 Å². The third-order valence-corrected chi connectivity index (χ3v) is 4.48. The van der Waals surface area contributed by atoms with Crippen LogP contribution in [0.25, 0.3) is 0 Å². The molecule has 0 heterocycles. The topological polar surface area (TPSA) is 21.3 Å². The molecule has 0 atom stereocenters. The summed E-state index contributed by atoms with van der Waals surface area (Å²) in [4.78, 5) is 0. The number of unbranched alkanes of at least 4 members (excludes halogenated alkanes) is 5. The quantitative estimate of drug-likeness (QED) is 0.484. The van der Waals surface area contributed by atoms with Crippen molar-refractivity contribution in [3.05, 3.63) is 0 Å². The van der Waals surface area contributed by atoms with Crippen molar-refractivity contribution in [1.29, 1.82) is 0 Å². The molecule has 0 aliphatic heterocycles. The van der Waals surface area contributed by atoms with Gasteiger partial charge in [0.1, 0.15) is 0 Å². The Kier molecular flexibility index (Phi) is 9.54. The molecule has 1 aliphatic rings. The molecule has 1 fully saturated rings. The van der Waals surface area contributed by atoms with Crippen molar-refractivity contribution in [2.45, 2.75) is 90.6 Å². The standard InChI is InChI=1S/C18H37NO/c1-4-5-6-7-8-9-15-20-18(11-10-12-18)13-14-19-16-17(2)3/h17,19H,4-16H2,1-3H3. The largest absolute Gasteiger partial charge is 0.375 e. The number of hydrogen-bond acceptors (Lipinski definition) is 2. The van der Waals surface area contributed by atoms with E-state index in [9.17, 15) is 0 Å². The predicted octanol–water partition coefficient (Wildman–Crippen LogP) is 4.92. The Hall–Kier alpha value is -0.0800. The van der Waals surface area contributed by atoms with Crippen LogP contribution in [0.15, 0.2) is 0 Å². The molecule has 120 valence electrons. The molecule has 2 heteroatoms. The monoisotopic (exact) mass is 283 g/mol. The van der Waals surface area contributed by atoms with Gasteiger partial charge in [0.2, 0.25) is 0 Å². The predicted molar refractivity (Wildman–Crippen MR) is 88.2 cm³/mol. The van der Waals surface area contributed by atoms with E-state index in [1.165, 1.54) is 64.2 Å². The van der Waals surface area contributed by atoms with Crippen LogP contribution in [-0.2, 0) is 4.74 Å². The second-order valence-corrected chi connectivity index (χ2v) is 7.00. The van der Waals surface area contributed by atoms with Gasteiger partial charge in [-0.1, -0.05) is 52.9 Å². The summed E-state index contributed by atoms with van der Waals surface area (Å²) in [6.45, 7) is 10.0. The van der Waals surface area contributed by atoms with Crippen molar-refractivity contribution in [3.63, 3.8) is 0 Å². The minimum Gasteiger partial charge on any atom is -0.375 e. The molecule has 20 heavy (non-hydrogen) atoms. The van der Waals surface area contributed by atoms with Gasteiger partial charge < -0.3 is 10.1 Å². The first-order chi connectivity index (χ1) is 9.68. The maximum Gasteiger partial charge on any atom is 0.0694 e. The maximum absolute atomic E-state index is 6.24. The molecular weight excluding hydrogens is 246 g/mol. The number of ether oxygens (including phenoxy) is 1. The van der Waals surface area contributed by atoms with Gasteiger partial charge in [-0.25, -0.2) is 0 Å². The molecular formula is C18H37NO. The minimum atomic E-state index is 0.243. The zero-order valence-corrected chi connectivity index (χ0v) is 14.2. The summed E-state index contributed by atoms with van der Waals surface area (Å²) in [5.74, 6) is 0.747. The van der Waals surface area contributed by atoms with E-state index >= 15 is 0 Å². The van der Waals surface area contributed by atoms with E-state index in [2.05, 4.69) is 26.1 Å². The molecule has 0 saturated heterocycles. The summed E-state index contributed by atoms with van der Waals surface area (Å²) in [5, 5.41) is 3.55. The van der Waals surface area contributed by atoms with Crippen LogP contribution in [0.3, 0.4) is 0 Å². The Morgan fingerprint density at radius 1 is 1.05 bits per heavy atom. The Morgan fingerprint density at radius 2 is 1.75 bits per heavy atom. The zero-order valence-electron chi connectivity index (χ0n) is 14.2. The van der Waals surface area contributed by atoms with Gasteiger partial charge in [0, 0.05) is 6.61 Å². The van der Waals surface area contributed by atoms with Gasteiger partial charge in [-0.05, 0) is 51.1 Å². The van der Waals surface area contributed by atoms with E-state index in [0.29, 0.717) is 0 Å². The number of hydrogen-bond donors (Lipinski definition) is 1. The first kappa shape index (κ1) is 18.0. The molecule has 0 bridgehead atoms. The van der Waals surface area contributed by atoms with Crippen LogP contribution in [0.2, 0.25) is 0 Å². The van der Waals surface area contributed by atoms with Crippen molar-refractivity contribution in [3.8, 4) is 0 Å². The summed E-state index contributed by atoms with van der Waals surface area (Å²) in [5.41, 5.74) is 0.243. The van der Waals surface area contributed by atoms with Crippen molar-refractivity contribution in [2.24, 2.45) is 5.92 Å². The maximum atomic E-state index is 6.24.